The predicted molar refractivity (Wildman–Crippen MR) is 65.0 cm³/mol. The maximum atomic E-state index is 11.4. The van der Waals surface area contributed by atoms with Gasteiger partial charge in [0.25, 0.3) is 0 Å². The number of carbonyl (C=O) groups excluding carboxylic acids is 2. The zero-order chi connectivity index (χ0) is 12.0. The summed E-state index contributed by atoms with van der Waals surface area (Å²) in [4.78, 5) is 22.3. The standard InChI is InChI=1S/C11H12BrNO3/c1-16-10-4-2-8(3-5-10)13-11(15)6-9(14)7-12/h2-5H,6-7H2,1H3,(H,13,15). The molecule has 0 saturated heterocycles. The molecular weight excluding hydrogens is 274 g/mol. The van der Waals surface area contributed by atoms with Crippen molar-refractivity contribution in [1.29, 1.82) is 0 Å². The lowest BCUT2D eigenvalue weighted by atomic mass is 10.2. The Kier molecular flexibility index (Phi) is 4.98. The monoisotopic (exact) mass is 285 g/mol. The van der Waals surface area contributed by atoms with E-state index in [1.807, 2.05) is 0 Å². The molecule has 86 valence electrons. The third-order valence-electron chi connectivity index (χ3n) is 1.88. The second-order valence-corrected chi connectivity index (χ2v) is 3.69. The lowest BCUT2D eigenvalue weighted by Gasteiger charge is -2.05. The first-order valence-corrected chi connectivity index (χ1v) is 5.79. The van der Waals surface area contributed by atoms with E-state index in [1.54, 1.807) is 31.4 Å². The van der Waals surface area contributed by atoms with Gasteiger partial charge in [0, 0.05) is 5.69 Å². The summed E-state index contributed by atoms with van der Waals surface area (Å²) in [6, 6.07) is 6.91. The molecule has 0 heterocycles. The third kappa shape index (κ3) is 4.02. The first-order valence-electron chi connectivity index (χ1n) is 4.67. The van der Waals surface area contributed by atoms with E-state index in [-0.39, 0.29) is 23.4 Å². The van der Waals surface area contributed by atoms with Gasteiger partial charge in [0.1, 0.15) is 5.75 Å². The number of alkyl halides is 1. The molecule has 5 heteroatoms. The molecule has 0 bridgehead atoms. The normalized spacial score (nSPS) is 9.62. The van der Waals surface area contributed by atoms with Crippen LogP contribution >= 0.6 is 15.9 Å². The van der Waals surface area contributed by atoms with Crippen LogP contribution in [0, 0.1) is 0 Å². The minimum absolute atomic E-state index is 0.114. The molecule has 0 saturated carbocycles. The van der Waals surface area contributed by atoms with Gasteiger partial charge in [-0.05, 0) is 24.3 Å². The van der Waals surface area contributed by atoms with Gasteiger partial charge in [-0.3, -0.25) is 9.59 Å². The largest absolute Gasteiger partial charge is 0.497 e. The molecule has 1 N–H and O–H groups in total. The maximum Gasteiger partial charge on any atom is 0.231 e. The van der Waals surface area contributed by atoms with Crippen molar-refractivity contribution in [1.82, 2.24) is 0 Å². The van der Waals surface area contributed by atoms with E-state index >= 15 is 0 Å². The summed E-state index contributed by atoms with van der Waals surface area (Å²) >= 11 is 3.00. The quantitative estimate of drug-likeness (QED) is 0.665. The van der Waals surface area contributed by atoms with Crippen molar-refractivity contribution >= 4 is 33.3 Å². The van der Waals surface area contributed by atoms with Gasteiger partial charge >= 0.3 is 0 Å². The van der Waals surface area contributed by atoms with Gasteiger partial charge in [-0.25, -0.2) is 0 Å². The fraction of sp³-hybridized carbons (Fsp3) is 0.273. The summed E-state index contributed by atoms with van der Waals surface area (Å²) in [5.74, 6) is 0.259. The van der Waals surface area contributed by atoms with Crippen LogP contribution < -0.4 is 10.1 Å². The van der Waals surface area contributed by atoms with Crippen molar-refractivity contribution < 1.29 is 14.3 Å². The molecule has 1 rings (SSSR count). The van der Waals surface area contributed by atoms with E-state index in [0.717, 1.165) is 5.75 Å². The summed E-state index contributed by atoms with van der Waals surface area (Å²) in [7, 11) is 1.57. The molecule has 0 fully saturated rings. The Hall–Kier alpha value is -1.36. The summed E-state index contributed by atoms with van der Waals surface area (Å²) < 4.78 is 4.98. The maximum absolute atomic E-state index is 11.4. The molecule has 0 unspecified atom stereocenters. The molecule has 0 atom stereocenters. The molecule has 16 heavy (non-hydrogen) atoms. The van der Waals surface area contributed by atoms with Crippen molar-refractivity contribution in [2.75, 3.05) is 17.8 Å². The van der Waals surface area contributed by atoms with Crippen LogP contribution in [-0.4, -0.2) is 24.1 Å². The number of rotatable bonds is 5. The van der Waals surface area contributed by atoms with Gasteiger partial charge < -0.3 is 10.1 Å². The minimum atomic E-state index is -0.311. The SMILES string of the molecule is COc1ccc(NC(=O)CC(=O)CBr)cc1. The number of nitrogens with one attached hydrogen (secondary N) is 1. The van der Waals surface area contributed by atoms with Crippen LogP contribution in [0.5, 0.6) is 5.75 Å². The van der Waals surface area contributed by atoms with Gasteiger partial charge in [-0.1, -0.05) is 15.9 Å². The van der Waals surface area contributed by atoms with Crippen LogP contribution in [0.2, 0.25) is 0 Å². The number of methoxy groups -OCH3 is 1. The summed E-state index contributed by atoms with van der Waals surface area (Å²) in [5.41, 5.74) is 0.646. The minimum Gasteiger partial charge on any atom is -0.497 e. The topological polar surface area (TPSA) is 55.4 Å². The van der Waals surface area contributed by atoms with Gasteiger partial charge in [0.15, 0.2) is 5.78 Å². The third-order valence-corrected chi connectivity index (χ3v) is 2.51. The Morgan fingerprint density at radius 2 is 1.94 bits per heavy atom. The number of halogens is 1. The number of hydrogen-bond acceptors (Lipinski definition) is 3. The van der Waals surface area contributed by atoms with Crippen LogP contribution in [0.25, 0.3) is 0 Å². The molecule has 0 aromatic heterocycles. The highest BCUT2D eigenvalue weighted by molar-refractivity contribution is 9.09. The average molecular weight is 286 g/mol. The summed E-state index contributed by atoms with van der Waals surface area (Å²) in [5, 5.41) is 2.82. The second kappa shape index (κ2) is 6.27. The Balaban J connectivity index is 2.52. The Morgan fingerprint density at radius 3 is 2.44 bits per heavy atom. The molecule has 4 nitrogen and oxygen atoms in total. The molecule has 1 aromatic rings. The van der Waals surface area contributed by atoms with Crippen LogP contribution in [0.15, 0.2) is 24.3 Å². The molecule has 1 aromatic carbocycles. The van der Waals surface area contributed by atoms with Crippen LogP contribution in [0.3, 0.4) is 0 Å². The first-order chi connectivity index (χ1) is 7.65. The van der Waals surface area contributed by atoms with Gasteiger partial charge in [-0.15, -0.1) is 0 Å². The van der Waals surface area contributed by atoms with Gasteiger partial charge in [-0.2, -0.15) is 0 Å². The van der Waals surface area contributed by atoms with E-state index in [9.17, 15) is 9.59 Å². The smallest absolute Gasteiger partial charge is 0.231 e. The first kappa shape index (κ1) is 12.7. The molecule has 0 aliphatic rings. The fourth-order valence-corrected chi connectivity index (χ4v) is 1.30. The summed E-state index contributed by atoms with van der Waals surface area (Å²) in [6.45, 7) is 0. The van der Waals surface area contributed by atoms with Crippen molar-refractivity contribution in [2.24, 2.45) is 0 Å². The van der Waals surface area contributed by atoms with E-state index < -0.39 is 0 Å². The number of ketones is 1. The molecule has 0 radical (unpaired) electrons. The number of carbonyl (C=O) groups is 2. The molecule has 0 aliphatic carbocycles. The van der Waals surface area contributed by atoms with Crippen molar-refractivity contribution in [3.8, 4) is 5.75 Å². The number of benzene rings is 1. The number of ether oxygens (including phenoxy) is 1. The highest BCUT2D eigenvalue weighted by Gasteiger charge is 2.08. The Labute approximate surface area is 102 Å². The Bertz CT molecular complexity index is 375. The van der Waals surface area contributed by atoms with Gasteiger partial charge in [0.2, 0.25) is 5.91 Å². The number of Topliss-reactive ketones (excluding diaryl/α,β-unsaturated/α-hetero) is 1. The van der Waals surface area contributed by atoms with E-state index in [2.05, 4.69) is 21.2 Å². The van der Waals surface area contributed by atoms with E-state index in [0.29, 0.717) is 5.69 Å². The van der Waals surface area contributed by atoms with Crippen LogP contribution in [0.4, 0.5) is 5.69 Å². The number of hydrogen-bond donors (Lipinski definition) is 1. The highest BCUT2D eigenvalue weighted by atomic mass is 79.9. The highest BCUT2D eigenvalue weighted by Crippen LogP contribution is 2.15. The van der Waals surface area contributed by atoms with Crippen molar-refractivity contribution in [3.05, 3.63) is 24.3 Å². The Morgan fingerprint density at radius 1 is 1.31 bits per heavy atom. The van der Waals surface area contributed by atoms with Crippen molar-refractivity contribution in [3.63, 3.8) is 0 Å². The molecular formula is C11H12BrNO3. The van der Waals surface area contributed by atoms with E-state index in [1.165, 1.54) is 0 Å². The number of amides is 1. The second-order valence-electron chi connectivity index (χ2n) is 3.13. The van der Waals surface area contributed by atoms with E-state index in [4.69, 9.17) is 4.74 Å². The molecule has 0 aliphatic heterocycles. The zero-order valence-corrected chi connectivity index (χ0v) is 10.4. The average Bonchev–Trinajstić information content (AvgIpc) is 2.29. The fourth-order valence-electron chi connectivity index (χ4n) is 1.11. The molecule has 1 amide bonds. The van der Waals surface area contributed by atoms with Crippen LogP contribution in [0.1, 0.15) is 6.42 Å². The lowest BCUT2D eigenvalue weighted by Crippen LogP contribution is -2.16. The lowest BCUT2D eigenvalue weighted by molar-refractivity contribution is -0.123. The predicted octanol–water partition coefficient (Wildman–Crippen LogP) is 1.99. The van der Waals surface area contributed by atoms with Crippen molar-refractivity contribution in [2.45, 2.75) is 6.42 Å². The number of anilines is 1. The zero-order valence-electron chi connectivity index (χ0n) is 8.83. The summed E-state index contributed by atoms with van der Waals surface area (Å²) in [6.07, 6.45) is -0.114. The van der Waals surface area contributed by atoms with Gasteiger partial charge in [0.05, 0.1) is 18.9 Å². The molecule has 0 spiro atoms. The van der Waals surface area contributed by atoms with Crippen LogP contribution in [-0.2, 0) is 9.59 Å².